The first kappa shape index (κ1) is 18.4. The van der Waals surface area contributed by atoms with Crippen molar-refractivity contribution in [1.29, 1.82) is 0 Å². The maximum atomic E-state index is 12.3. The first-order valence-corrected chi connectivity index (χ1v) is 9.49. The largest absolute Gasteiger partial charge is 0.493 e. The zero-order valence-electron chi connectivity index (χ0n) is 15.6. The van der Waals surface area contributed by atoms with Gasteiger partial charge in [0, 0.05) is 31.7 Å². The standard InChI is InChI=1S/C21H24N2O5/c24-21(26-14-16-4-2-1-3-5-16)23-10-9-22-17(13-23)8-11-25-18-6-7-19-20(12-18)28-15-27-19/h1-7,12,17,22H,8-11,13-15H2/t17-/m1/s1. The molecule has 1 saturated heterocycles. The summed E-state index contributed by atoms with van der Waals surface area (Å²) in [5, 5.41) is 3.43. The minimum absolute atomic E-state index is 0.173. The highest BCUT2D eigenvalue weighted by Gasteiger charge is 2.24. The summed E-state index contributed by atoms with van der Waals surface area (Å²) in [6.07, 6.45) is 0.517. The van der Waals surface area contributed by atoms with E-state index in [4.69, 9.17) is 18.9 Å². The Morgan fingerprint density at radius 2 is 2.00 bits per heavy atom. The fourth-order valence-corrected chi connectivity index (χ4v) is 3.28. The molecule has 0 aliphatic carbocycles. The number of hydrogen-bond donors (Lipinski definition) is 1. The van der Waals surface area contributed by atoms with E-state index in [1.807, 2.05) is 48.5 Å². The van der Waals surface area contributed by atoms with E-state index in [-0.39, 0.29) is 18.9 Å². The van der Waals surface area contributed by atoms with Crippen molar-refractivity contribution < 1.29 is 23.7 Å². The first-order valence-electron chi connectivity index (χ1n) is 9.49. The smallest absolute Gasteiger partial charge is 0.410 e. The Labute approximate surface area is 164 Å². The lowest BCUT2D eigenvalue weighted by molar-refractivity contribution is 0.0827. The normalized spacial score (nSPS) is 18.0. The Morgan fingerprint density at radius 1 is 1.14 bits per heavy atom. The zero-order valence-corrected chi connectivity index (χ0v) is 15.6. The molecule has 1 atom stereocenters. The second-order valence-electron chi connectivity index (χ2n) is 6.79. The molecule has 2 aromatic carbocycles. The minimum Gasteiger partial charge on any atom is -0.493 e. The van der Waals surface area contributed by atoms with E-state index in [0.29, 0.717) is 32.1 Å². The first-order chi connectivity index (χ1) is 13.8. The summed E-state index contributed by atoms with van der Waals surface area (Å²) in [5.41, 5.74) is 0.986. The lowest BCUT2D eigenvalue weighted by Gasteiger charge is -2.33. The van der Waals surface area contributed by atoms with Gasteiger partial charge in [0.05, 0.1) is 6.61 Å². The number of nitrogens with zero attached hydrogens (tertiary/aromatic N) is 1. The van der Waals surface area contributed by atoms with Crippen LogP contribution in [0.2, 0.25) is 0 Å². The summed E-state index contributed by atoms with van der Waals surface area (Å²) in [5.74, 6) is 2.20. The molecule has 2 aliphatic rings. The summed E-state index contributed by atoms with van der Waals surface area (Å²) in [7, 11) is 0. The van der Waals surface area contributed by atoms with E-state index >= 15 is 0 Å². The van der Waals surface area contributed by atoms with Crippen LogP contribution in [-0.4, -0.2) is 50.1 Å². The number of ether oxygens (including phenoxy) is 4. The second kappa shape index (κ2) is 8.84. The summed E-state index contributed by atoms with van der Waals surface area (Å²) < 4.78 is 21.9. The minimum atomic E-state index is -0.271. The van der Waals surface area contributed by atoms with Crippen LogP contribution in [0, 0.1) is 0 Å². The Hall–Kier alpha value is -2.93. The van der Waals surface area contributed by atoms with Gasteiger partial charge in [-0.25, -0.2) is 4.79 Å². The molecule has 148 valence electrons. The summed E-state index contributed by atoms with van der Waals surface area (Å²) in [6, 6.07) is 15.4. The van der Waals surface area contributed by atoms with Crippen molar-refractivity contribution in [1.82, 2.24) is 10.2 Å². The molecule has 1 N–H and O–H groups in total. The third kappa shape index (κ3) is 4.67. The van der Waals surface area contributed by atoms with Gasteiger partial charge in [-0.3, -0.25) is 0 Å². The van der Waals surface area contributed by atoms with Crippen LogP contribution < -0.4 is 19.5 Å². The number of carbonyl (C=O) groups is 1. The van der Waals surface area contributed by atoms with Crippen LogP contribution in [0.1, 0.15) is 12.0 Å². The molecule has 0 spiro atoms. The van der Waals surface area contributed by atoms with Crippen LogP contribution in [0.5, 0.6) is 17.2 Å². The van der Waals surface area contributed by atoms with Gasteiger partial charge < -0.3 is 29.2 Å². The Kier molecular flexibility index (Phi) is 5.82. The molecule has 4 rings (SSSR count). The molecule has 2 aromatic rings. The topological polar surface area (TPSA) is 69.3 Å². The molecule has 0 radical (unpaired) electrons. The molecule has 0 unspecified atom stereocenters. The Morgan fingerprint density at radius 3 is 2.89 bits per heavy atom. The molecule has 2 aliphatic heterocycles. The Balaban J connectivity index is 1.21. The molecule has 1 fully saturated rings. The van der Waals surface area contributed by atoms with Gasteiger partial charge in [-0.15, -0.1) is 0 Å². The van der Waals surface area contributed by atoms with Crippen LogP contribution in [-0.2, 0) is 11.3 Å². The molecule has 7 nitrogen and oxygen atoms in total. The quantitative estimate of drug-likeness (QED) is 0.826. The highest BCUT2D eigenvalue weighted by atomic mass is 16.7. The van der Waals surface area contributed by atoms with Crippen molar-refractivity contribution >= 4 is 6.09 Å². The van der Waals surface area contributed by atoms with Crippen LogP contribution in [0.25, 0.3) is 0 Å². The number of amides is 1. The lowest BCUT2D eigenvalue weighted by Crippen LogP contribution is -2.53. The molecule has 7 heteroatoms. The van der Waals surface area contributed by atoms with Gasteiger partial charge >= 0.3 is 6.09 Å². The van der Waals surface area contributed by atoms with Gasteiger partial charge in [-0.05, 0) is 24.1 Å². The van der Waals surface area contributed by atoms with Crippen LogP contribution in [0.4, 0.5) is 4.79 Å². The van der Waals surface area contributed by atoms with E-state index in [1.165, 1.54) is 0 Å². The van der Waals surface area contributed by atoms with E-state index in [0.717, 1.165) is 30.0 Å². The van der Waals surface area contributed by atoms with Gasteiger partial charge in [-0.2, -0.15) is 0 Å². The second-order valence-corrected chi connectivity index (χ2v) is 6.79. The van der Waals surface area contributed by atoms with Crippen LogP contribution in [0.3, 0.4) is 0 Å². The predicted octanol–water partition coefficient (Wildman–Crippen LogP) is 2.79. The highest BCUT2D eigenvalue weighted by Crippen LogP contribution is 2.35. The molecular formula is C21H24N2O5. The van der Waals surface area contributed by atoms with Crippen LogP contribution >= 0.6 is 0 Å². The molecular weight excluding hydrogens is 360 g/mol. The van der Waals surface area contributed by atoms with Gasteiger partial charge in [-0.1, -0.05) is 30.3 Å². The fourth-order valence-electron chi connectivity index (χ4n) is 3.28. The number of benzene rings is 2. The van der Waals surface area contributed by atoms with Crippen molar-refractivity contribution in [2.24, 2.45) is 0 Å². The van der Waals surface area contributed by atoms with Crippen molar-refractivity contribution in [3.05, 3.63) is 54.1 Å². The molecule has 0 saturated carbocycles. The number of hydrogen-bond acceptors (Lipinski definition) is 6. The molecule has 28 heavy (non-hydrogen) atoms. The summed E-state index contributed by atoms with van der Waals surface area (Å²) in [4.78, 5) is 14.1. The number of piperazine rings is 1. The Bertz CT molecular complexity index is 799. The van der Waals surface area contributed by atoms with Crippen LogP contribution in [0.15, 0.2) is 48.5 Å². The maximum Gasteiger partial charge on any atom is 0.410 e. The van der Waals surface area contributed by atoms with Crippen molar-refractivity contribution in [3.8, 4) is 17.2 Å². The summed E-state index contributed by atoms with van der Waals surface area (Å²) >= 11 is 0. The summed E-state index contributed by atoms with van der Waals surface area (Å²) in [6.45, 7) is 3.09. The maximum absolute atomic E-state index is 12.3. The highest BCUT2D eigenvalue weighted by molar-refractivity contribution is 5.67. The number of rotatable bonds is 6. The fraction of sp³-hybridized carbons (Fsp3) is 0.381. The van der Waals surface area contributed by atoms with Crippen molar-refractivity contribution in [2.45, 2.75) is 19.1 Å². The van der Waals surface area contributed by atoms with Gasteiger partial charge in [0.25, 0.3) is 0 Å². The van der Waals surface area contributed by atoms with Crippen molar-refractivity contribution in [3.63, 3.8) is 0 Å². The molecule has 0 aromatic heterocycles. The molecule has 1 amide bonds. The monoisotopic (exact) mass is 384 g/mol. The number of carbonyl (C=O) groups excluding carboxylic acids is 1. The SMILES string of the molecule is O=C(OCc1ccccc1)N1CCN[C@H](CCOc2ccc3c(c2)OCO3)C1. The van der Waals surface area contributed by atoms with E-state index < -0.39 is 0 Å². The van der Waals surface area contributed by atoms with Gasteiger partial charge in [0.1, 0.15) is 12.4 Å². The average molecular weight is 384 g/mol. The lowest BCUT2D eigenvalue weighted by atomic mass is 10.1. The molecule has 2 heterocycles. The third-order valence-corrected chi connectivity index (χ3v) is 4.80. The number of nitrogens with one attached hydrogen (secondary N) is 1. The average Bonchev–Trinajstić information content (AvgIpc) is 3.21. The number of fused-ring (bicyclic) bond motifs is 1. The predicted molar refractivity (Wildman–Crippen MR) is 103 cm³/mol. The van der Waals surface area contributed by atoms with E-state index in [2.05, 4.69) is 5.32 Å². The van der Waals surface area contributed by atoms with Gasteiger partial charge in [0.2, 0.25) is 6.79 Å². The van der Waals surface area contributed by atoms with Crippen molar-refractivity contribution in [2.75, 3.05) is 33.0 Å². The third-order valence-electron chi connectivity index (χ3n) is 4.80. The van der Waals surface area contributed by atoms with Gasteiger partial charge in [0.15, 0.2) is 11.5 Å². The zero-order chi connectivity index (χ0) is 19.2. The van der Waals surface area contributed by atoms with E-state index in [9.17, 15) is 4.79 Å². The van der Waals surface area contributed by atoms with E-state index in [1.54, 1.807) is 4.90 Å². The molecule has 0 bridgehead atoms.